The molecule has 0 rings (SSSR count). The van der Waals surface area contributed by atoms with Crippen molar-refractivity contribution in [2.45, 2.75) is 231 Å². The summed E-state index contributed by atoms with van der Waals surface area (Å²) in [7, 11) is -4.99. The van der Waals surface area contributed by atoms with Gasteiger partial charge < -0.3 is 44.7 Å². The molecule has 2 unspecified atom stereocenters. The largest absolute Gasteiger partial charge is 0.756 e. The molecule has 0 spiro atoms. The number of phosphoric ester groups is 1. The maximum atomic E-state index is 12.8. The first kappa shape index (κ1) is 59.9. The zero-order chi connectivity index (χ0) is 45.8. The third-order valence-corrected chi connectivity index (χ3v) is 11.6. The number of rotatable bonds is 46. The van der Waals surface area contributed by atoms with Gasteiger partial charge in [-0.1, -0.05) is 141 Å². The van der Waals surface area contributed by atoms with Gasteiger partial charge in [-0.2, -0.15) is 0 Å². The third-order valence-electron chi connectivity index (χ3n) is 10.7. The van der Waals surface area contributed by atoms with Gasteiger partial charge in [-0.15, -0.1) is 0 Å². The zero-order valence-electron chi connectivity index (χ0n) is 39.4. The predicted octanol–water partition coefficient (Wildman–Crippen LogP) is 8.94. The first-order chi connectivity index (χ1) is 30.0. The summed E-state index contributed by atoms with van der Waals surface area (Å²) in [5, 5.41) is 10.2. The second-order valence-corrected chi connectivity index (χ2v) is 18.2. The van der Waals surface area contributed by atoms with Crippen LogP contribution in [0.15, 0.2) is 24.3 Å². The first-order valence-electron chi connectivity index (χ1n) is 24.8. The monoisotopic (exact) mass is 904 g/mol. The zero-order valence-corrected chi connectivity index (χ0v) is 40.3. The Morgan fingerprint density at radius 3 is 1.48 bits per heavy atom. The third kappa shape index (κ3) is 41.9. The number of phosphoric acid groups is 1. The second-order valence-electron chi connectivity index (χ2n) is 16.8. The molecule has 0 saturated carbocycles. The Morgan fingerprint density at radius 2 is 1.00 bits per heavy atom. The summed E-state index contributed by atoms with van der Waals surface area (Å²) in [6.07, 6.45) is 38.6. The highest BCUT2D eigenvalue weighted by Gasteiger charge is 2.23. The molecule has 0 radical (unpaired) electrons. The van der Waals surface area contributed by atoms with Gasteiger partial charge in [-0.05, 0) is 77.0 Å². The van der Waals surface area contributed by atoms with E-state index >= 15 is 0 Å². The standard InChI is InChI=1S/C48H91N2O11P/c1-3-5-7-9-11-13-15-17-19-21-23-25-27-29-31-36-46(52)57-41-44(42-60-62(55,56)59-40-43(51)39-58-48(54)45(50)35-33-34-38-49)61-47(53)37-32-30-28-26-24-22-20-18-16-14-12-10-8-6-4-2/h17-20,43-45,51H,3-16,21-42,49-50H2,1-2H3,(H,55,56)/p+1/b19-17-,20-18-/t43?,44-,45+/m1/s1. The Morgan fingerprint density at radius 1 is 0.565 bits per heavy atom. The molecule has 14 heteroatoms. The van der Waals surface area contributed by atoms with Crippen molar-refractivity contribution >= 4 is 25.7 Å². The minimum absolute atomic E-state index is 0.137. The van der Waals surface area contributed by atoms with Gasteiger partial charge >= 0.3 is 17.9 Å². The first-order valence-corrected chi connectivity index (χ1v) is 26.2. The molecular weight excluding hydrogens is 812 g/mol. The van der Waals surface area contributed by atoms with Crippen molar-refractivity contribution < 1.29 is 63.7 Å². The lowest BCUT2D eigenvalue weighted by molar-refractivity contribution is -0.410. The normalized spacial score (nSPS) is 14.2. The van der Waals surface area contributed by atoms with Crippen LogP contribution in [0.1, 0.15) is 213 Å². The van der Waals surface area contributed by atoms with Crippen LogP contribution in [-0.4, -0.2) is 74.2 Å². The lowest BCUT2D eigenvalue weighted by Crippen LogP contribution is -2.65. The molecule has 0 aliphatic rings. The highest BCUT2D eigenvalue weighted by Crippen LogP contribution is 2.38. The van der Waals surface area contributed by atoms with Gasteiger partial charge in [0.15, 0.2) is 12.1 Å². The number of unbranched alkanes of at least 4 members (excludes halogenated alkanes) is 23. The summed E-state index contributed by atoms with van der Waals surface area (Å²) < 4.78 is 38.3. The van der Waals surface area contributed by atoms with E-state index in [0.717, 1.165) is 96.4 Å². The fourth-order valence-electron chi connectivity index (χ4n) is 6.72. The van der Waals surface area contributed by atoms with Crippen LogP contribution in [0.2, 0.25) is 0 Å². The van der Waals surface area contributed by atoms with Crippen molar-refractivity contribution in [2.75, 3.05) is 33.0 Å². The molecule has 0 aromatic carbocycles. The molecule has 62 heavy (non-hydrogen) atoms. The highest BCUT2D eigenvalue weighted by atomic mass is 31.2. The quantitative estimate of drug-likeness (QED) is 0.0172. The second kappa shape index (κ2) is 44.1. The van der Waals surface area contributed by atoms with Gasteiger partial charge in [0.1, 0.15) is 19.3 Å². The number of aliphatic hydroxyl groups excluding tert-OH is 1. The van der Waals surface area contributed by atoms with Crippen LogP contribution < -0.4 is 16.4 Å². The lowest BCUT2D eigenvalue weighted by Gasteiger charge is -2.26. The molecule has 0 amide bonds. The summed E-state index contributed by atoms with van der Waals surface area (Å²) in [5.41, 5.74) is 7.52. The molecule has 0 aromatic heterocycles. The van der Waals surface area contributed by atoms with Crippen LogP contribution in [0.3, 0.4) is 0 Å². The van der Waals surface area contributed by atoms with E-state index in [0.29, 0.717) is 19.3 Å². The molecule has 364 valence electrons. The van der Waals surface area contributed by atoms with Crippen LogP contribution >= 0.6 is 7.82 Å². The summed E-state index contributed by atoms with van der Waals surface area (Å²) in [4.78, 5) is 50.0. The number of quaternary nitrogens is 2. The van der Waals surface area contributed by atoms with Crippen molar-refractivity contribution in [1.82, 2.24) is 0 Å². The number of hydrogen-bond acceptors (Lipinski definition) is 11. The number of hydrogen-bond donors (Lipinski definition) is 3. The molecule has 0 aromatic rings. The summed E-state index contributed by atoms with van der Waals surface area (Å²) in [5.74, 6) is -1.61. The smallest absolute Gasteiger partial charge is 0.364 e. The van der Waals surface area contributed by atoms with E-state index in [1.165, 1.54) is 77.0 Å². The van der Waals surface area contributed by atoms with E-state index in [-0.39, 0.29) is 19.4 Å². The van der Waals surface area contributed by atoms with Gasteiger partial charge in [0.25, 0.3) is 7.82 Å². The van der Waals surface area contributed by atoms with Crippen molar-refractivity contribution in [2.24, 2.45) is 0 Å². The van der Waals surface area contributed by atoms with Crippen LogP contribution in [-0.2, 0) is 42.2 Å². The lowest BCUT2D eigenvalue weighted by atomic mass is 10.1. The molecule has 0 heterocycles. The minimum atomic E-state index is -4.99. The number of allylic oxidation sites excluding steroid dienone is 4. The van der Waals surface area contributed by atoms with E-state index in [2.05, 4.69) is 49.6 Å². The average molecular weight is 904 g/mol. The van der Waals surface area contributed by atoms with E-state index in [1.54, 1.807) is 0 Å². The number of aliphatic hydroxyl groups is 1. The highest BCUT2D eigenvalue weighted by molar-refractivity contribution is 7.45. The molecule has 0 aliphatic heterocycles. The van der Waals surface area contributed by atoms with Gasteiger partial charge in [0.2, 0.25) is 0 Å². The summed E-state index contributed by atoms with van der Waals surface area (Å²) in [6.45, 7) is 3.01. The van der Waals surface area contributed by atoms with Gasteiger partial charge in [-0.3, -0.25) is 14.2 Å². The topological polar surface area (TPSA) is 213 Å². The Kier molecular flexibility index (Phi) is 42.6. The molecule has 7 N–H and O–H groups in total. The molecule has 13 nitrogen and oxygen atoms in total. The minimum Gasteiger partial charge on any atom is -0.756 e. The van der Waals surface area contributed by atoms with E-state index in [4.69, 9.17) is 23.3 Å². The molecular formula is C48H92N2O11P+. The Balaban J connectivity index is 4.68. The molecule has 0 bridgehead atoms. The SMILES string of the molecule is CCCCCCCC/C=C\CCCCCCCC(=O)OC[C@H](COP(=O)([O-])OCC(O)COC(=O)[C@@H]([NH3+])CCCC[NH3+])OC(=O)CCCCCCC/C=C\CCCCCCCC. The fraction of sp³-hybridized carbons (Fsp3) is 0.854. The van der Waals surface area contributed by atoms with E-state index < -0.39 is 63.8 Å². The number of carbonyl (C=O) groups excluding carboxylic acids is 3. The van der Waals surface area contributed by atoms with Crippen LogP contribution in [0.4, 0.5) is 0 Å². The van der Waals surface area contributed by atoms with Gasteiger partial charge in [-0.25, -0.2) is 4.79 Å². The van der Waals surface area contributed by atoms with Gasteiger partial charge in [0, 0.05) is 19.3 Å². The number of esters is 3. The van der Waals surface area contributed by atoms with Crippen LogP contribution in [0.5, 0.6) is 0 Å². The number of carbonyl (C=O) groups is 3. The maximum absolute atomic E-state index is 12.8. The fourth-order valence-corrected chi connectivity index (χ4v) is 7.50. The van der Waals surface area contributed by atoms with Crippen molar-refractivity contribution in [3.05, 3.63) is 24.3 Å². The van der Waals surface area contributed by atoms with E-state index in [9.17, 15) is 28.9 Å². The van der Waals surface area contributed by atoms with Crippen LogP contribution in [0.25, 0.3) is 0 Å². The predicted molar refractivity (Wildman–Crippen MR) is 245 cm³/mol. The maximum Gasteiger partial charge on any atom is 0.364 e. The molecule has 0 fully saturated rings. The molecule has 4 atom stereocenters. The van der Waals surface area contributed by atoms with E-state index in [1.807, 2.05) is 0 Å². The Hall–Kier alpha value is -2.12. The van der Waals surface area contributed by atoms with Crippen molar-refractivity contribution in [3.63, 3.8) is 0 Å². The average Bonchev–Trinajstić information content (AvgIpc) is 3.25. The Labute approximate surface area is 376 Å². The van der Waals surface area contributed by atoms with Crippen molar-refractivity contribution in [1.29, 1.82) is 0 Å². The van der Waals surface area contributed by atoms with Crippen LogP contribution in [0, 0.1) is 0 Å². The summed E-state index contributed by atoms with van der Waals surface area (Å²) >= 11 is 0. The van der Waals surface area contributed by atoms with Crippen molar-refractivity contribution in [3.8, 4) is 0 Å². The molecule has 0 saturated heterocycles. The van der Waals surface area contributed by atoms with Gasteiger partial charge in [0.05, 0.1) is 19.8 Å². The summed E-state index contributed by atoms with van der Waals surface area (Å²) in [6, 6.07) is -0.615. The molecule has 0 aliphatic carbocycles. The number of ether oxygens (including phenoxy) is 3. The Bertz CT molecular complexity index is 1170.